The van der Waals surface area contributed by atoms with Crippen molar-refractivity contribution in [3.63, 3.8) is 0 Å². The van der Waals surface area contributed by atoms with E-state index in [2.05, 4.69) is 43.6 Å². The van der Waals surface area contributed by atoms with E-state index in [0.717, 1.165) is 22.4 Å². The Kier molecular flexibility index (Phi) is 4.35. The number of anilines is 1. The average Bonchev–Trinajstić information content (AvgIpc) is 3.03. The summed E-state index contributed by atoms with van der Waals surface area (Å²) in [5.74, 6) is 1.09. The molecule has 3 aromatic rings. The molecule has 0 saturated heterocycles. The highest BCUT2D eigenvalue weighted by Gasteiger charge is 2.20. The summed E-state index contributed by atoms with van der Waals surface area (Å²) in [7, 11) is 0. The average molecular weight is 367 g/mol. The first-order chi connectivity index (χ1) is 12.9. The maximum Gasteiger partial charge on any atom is 0.233 e. The minimum absolute atomic E-state index is 0.152. The van der Waals surface area contributed by atoms with Crippen molar-refractivity contribution in [2.24, 2.45) is 0 Å². The fourth-order valence-corrected chi connectivity index (χ4v) is 3.01. The standard InChI is InChI=1S/C19H22FN7/c1-12-6-14(13-7-24-18-21-4-5-27(18)10-13)15-8-23-17(25-11-19(2,3)20)26-16(15)9-22-12/h4-8,10,12,22H,9,11H2,1-3H3,(H,23,25,26)/t12-/m1/s1. The van der Waals surface area contributed by atoms with Crippen LogP contribution < -0.4 is 10.6 Å². The Morgan fingerprint density at radius 3 is 2.96 bits per heavy atom. The van der Waals surface area contributed by atoms with Gasteiger partial charge in [-0.25, -0.2) is 24.3 Å². The van der Waals surface area contributed by atoms with Gasteiger partial charge in [0.05, 0.1) is 12.2 Å². The molecule has 3 aromatic heterocycles. The van der Waals surface area contributed by atoms with E-state index in [0.29, 0.717) is 18.3 Å². The Balaban J connectivity index is 1.72. The molecule has 27 heavy (non-hydrogen) atoms. The molecule has 1 aliphatic heterocycles. The highest BCUT2D eigenvalue weighted by molar-refractivity contribution is 5.81. The maximum atomic E-state index is 13.8. The summed E-state index contributed by atoms with van der Waals surface area (Å²) in [4.78, 5) is 17.6. The lowest BCUT2D eigenvalue weighted by Gasteiger charge is -2.16. The van der Waals surface area contributed by atoms with Crippen LogP contribution in [-0.4, -0.2) is 42.6 Å². The van der Waals surface area contributed by atoms with E-state index in [1.165, 1.54) is 13.8 Å². The van der Waals surface area contributed by atoms with Crippen LogP contribution in [0.15, 0.2) is 37.1 Å². The van der Waals surface area contributed by atoms with E-state index in [-0.39, 0.29) is 12.6 Å². The minimum Gasteiger partial charge on any atom is -0.351 e. The van der Waals surface area contributed by atoms with Gasteiger partial charge in [-0.2, -0.15) is 0 Å². The van der Waals surface area contributed by atoms with Gasteiger partial charge in [0.15, 0.2) is 0 Å². The monoisotopic (exact) mass is 367 g/mol. The number of imidazole rings is 1. The van der Waals surface area contributed by atoms with Crippen molar-refractivity contribution in [1.29, 1.82) is 0 Å². The first kappa shape index (κ1) is 17.5. The fourth-order valence-electron chi connectivity index (χ4n) is 3.01. The lowest BCUT2D eigenvalue weighted by Crippen LogP contribution is -2.26. The van der Waals surface area contributed by atoms with Crippen LogP contribution in [0, 0.1) is 0 Å². The molecule has 4 heterocycles. The summed E-state index contributed by atoms with van der Waals surface area (Å²) >= 11 is 0. The molecule has 8 heteroatoms. The second kappa shape index (κ2) is 6.70. The molecular formula is C19H22FN7. The minimum atomic E-state index is -1.33. The molecule has 2 N–H and O–H groups in total. The smallest absolute Gasteiger partial charge is 0.233 e. The SMILES string of the molecule is C[C@@H]1C=C(c2cnc3nccn3c2)c2cnc(NCC(C)(C)F)nc2CN1. The molecule has 0 aliphatic carbocycles. The van der Waals surface area contributed by atoms with Crippen molar-refractivity contribution < 1.29 is 4.39 Å². The van der Waals surface area contributed by atoms with Crippen LogP contribution in [0.2, 0.25) is 0 Å². The van der Waals surface area contributed by atoms with Crippen molar-refractivity contribution in [3.05, 3.63) is 53.9 Å². The van der Waals surface area contributed by atoms with Crippen molar-refractivity contribution in [1.82, 2.24) is 29.7 Å². The molecule has 0 aromatic carbocycles. The van der Waals surface area contributed by atoms with E-state index in [4.69, 9.17) is 0 Å². The molecule has 0 amide bonds. The van der Waals surface area contributed by atoms with Crippen molar-refractivity contribution in [3.8, 4) is 0 Å². The quantitative estimate of drug-likeness (QED) is 0.738. The van der Waals surface area contributed by atoms with E-state index in [9.17, 15) is 4.39 Å². The van der Waals surface area contributed by atoms with Crippen LogP contribution >= 0.6 is 0 Å². The third-order valence-corrected chi connectivity index (χ3v) is 4.39. The number of halogens is 1. The van der Waals surface area contributed by atoms with Gasteiger partial charge in [-0.1, -0.05) is 6.08 Å². The fraction of sp³-hybridized carbons (Fsp3) is 0.368. The molecule has 0 bridgehead atoms. The summed E-state index contributed by atoms with van der Waals surface area (Å²) < 4.78 is 15.6. The van der Waals surface area contributed by atoms with Crippen LogP contribution in [0.25, 0.3) is 11.4 Å². The van der Waals surface area contributed by atoms with Gasteiger partial charge in [0.2, 0.25) is 11.7 Å². The van der Waals surface area contributed by atoms with Crippen LogP contribution in [-0.2, 0) is 6.54 Å². The highest BCUT2D eigenvalue weighted by Crippen LogP contribution is 2.28. The zero-order valence-electron chi connectivity index (χ0n) is 15.6. The molecule has 0 fully saturated rings. The van der Waals surface area contributed by atoms with E-state index in [1.807, 2.05) is 23.0 Å². The van der Waals surface area contributed by atoms with Gasteiger partial charge in [0.1, 0.15) is 5.67 Å². The first-order valence-corrected chi connectivity index (χ1v) is 8.92. The first-order valence-electron chi connectivity index (χ1n) is 8.92. The highest BCUT2D eigenvalue weighted by atomic mass is 19.1. The third-order valence-electron chi connectivity index (χ3n) is 4.39. The summed E-state index contributed by atoms with van der Waals surface area (Å²) in [5, 5.41) is 6.40. The molecule has 4 rings (SSSR count). The van der Waals surface area contributed by atoms with Gasteiger partial charge in [-0.15, -0.1) is 0 Å². The summed E-state index contributed by atoms with van der Waals surface area (Å²) in [6, 6.07) is 0.161. The summed E-state index contributed by atoms with van der Waals surface area (Å²) in [6.07, 6.45) is 11.3. The van der Waals surface area contributed by atoms with Crippen LogP contribution in [0.5, 0.6) is 0 Å². The predicted molar refractivity (Wildman–Crippen MR) is 102 cm³/mol. The molecule has 0 saturated carbocycles. The summed E-state index contributed by atoms with van der Waals surface area (Å²) in [5.41, 5.74) is 2.46. The number of fused-ring (bicyclic) bond motifs is 2. The van der Waals surface area contributed by atoms with Gasteiger partial charge < -0.3 is 10.6 Å². The van der Waals surface area contributed by atoms with Crippen molar-refractivity contribution in [2.45, 2.75) is 39.0 Å². The Morgan fingerprint density at radius 2 is 2.15 bits per heavy atom. The number of alkyl halides is 1. The van der Waals surface area contributed by atoms with Gasteiger partial charge in [0.25, 0.3) is 0 Å². The molecule has 1 aliphatic rings. The molecular weight excluding hydrogens is 345 g/mol. The number of hydrogen-bond donors (Lipinski definition) is 2. The second-order valence-corrected chi connectivity index (χ2v) is 7.35. The molecule has 1 atom stereocenters. The third kappa shape index (κ3) is 3.80. The zero-order valence-corrected chi connectivity index (χ0v) is 15.6. The largest absolute Gasteiger partial charge is 0.351 e. The summed E-state index contributed by atoms with van der Waals surface area (Å²) in [6.45, 7) is 5.89. The predicted octanol–water partition coefficient (Wildman–Crippen LogP) is 2.60. The molecule has 7 nitrogen and oxygen atoms in total. The van der Waals surface area contributed by atoms with Crippen molar-refractivity contribution in [2.75, 3.05) is 11.9 Å². The van der Waals surface area contributed by atoms with Crippen LogP contribution in [0.1, 0.15) is 37.6 Å². The second-order valence-electron chi connectivity index (χ2n) is 7.35. The number of nitrogens with one attached hydrogen (secondary N) is 2. The zero-order chi connectivity index (χ0) is 19.0. The lowest BCUT2D eigenvalue weighted by atomic mass is 9.99. The van der Waals surface area contributed by atoms with Crippen LogP contribution in [0.4, 0.5) is 10.3 Å². The number of rotatable bonds is 4. The Bertz CT molecular complexity index is 1000. The Morgan fingerprint density at radius 1 is 1.30 bits per heavy atom. The van der Waals surface area contributed by atoms with Gasteiger partial charge in [0, 0.05) is 54.7 Å². The number of hydrogen-bond acceptors (Lipinski definition) is 6. The number of nitrogens with zero attached hydrogens (tertiary/aromatic N) is 5. The van der Waals surface area contributed by atoms with Gasteiger partial charge in [-0.3, -0.25) is 4.40 Å². The topological polar surface area (TPSA) is 80.0 Å². The molecule has 140 valence electrons. The van der Waals surface area contributed by atoms with Gasteiger partial charge >= 0.3 is 0 Å². The maximum absolute atomic E-state index is 13.8. The Hall–Kier alpha value is -2.87. The molecule has 0 unspecified atom stereocenters. The van der Waals surface area contributed by atoms with Crippen molar-refractivity contribution >= 4 is 17.3 Å². The molecule has 0 spiro atoms. The molecule has 0 radical (unpaired) electrons. The normalized spacial score (nSPS) is 17.3. The lowest BCUT2D eigenvalue weighted by molar-refractivity contribution is 0.234. The van der Waals surface area contributed by atoms with E-state index < -0.39 is 5.67 Å². The van der Waals surface area contributed by atoms with Gasteiger partial charge in [-0.05, 0) is 26.3 Å². The Labute approximate surface area is 156 Å². The van der Waals surface area contributed by atoms with Crippen LogP contribution in [0.3, 0.4) is 0 Å². The number of aromatic nitrogens is 5. The van der Waals surface area contributed by atoms with E-state index >= 15 is 0 Å². The van der Waals surface area contributed by atoms with E-state index in [1.54, 1.807) is 12.4 Å².